The number of rotatable bonds is 6. The molecule has 0 saturated heterocycles. The minimum atomic E-state index is -0.0601. The van der Waals surface area contributed by atoms with Gasteiger partial charge in [-0.2, -0.15) is 4.98 Å². The number of hydrogen-bond donors (Lipinski definition) is 1. The monoisotopic (exact) mass is 467 g/mol. The minimum absolute atomic E-state index is 0.0522. The molecule has 0 fully saturated rings. The zero-order chi connectivity index (χ0) is 24.4. The third-order valence-corrected chi connectivity index (χ3v) is 6.21. The van der Waals surface area contributed by atoms with E-state index in [2.05, 4.69) is 29.4 Å². The Kier molecular flexibility index (Phi) is 6.18. The van der Waals surface area contributed by atoms with Crippen molar-refractivity contribution in [3.63, 3.8) is 0 Å². The van der Waals surface area contributed by atoms with Crippen molar-refractivity contribution in [3.05, 3.63) is 88.8 Å². The first-order chi connectivity index (χ1) is 17.0. The van der Waals surface area contributed by atoms with Crippen LogP contribution in [0.15, 0.2) is 77.7 Å². The van der Waals surface area contributed by atoms with Crippen molar-refractivity contribution in [2.24, 2.45) is 0 Å². The minimum Gasteiger partial charge on any atom is -0.378 e. The predicted molar refractivity (Wildman–Crippen MR) is 140 cm³/mol. The van der Waals surface area contributed by atoms with E-state index in [9.17, 15) is 4.79 Å². The maximum absolute atomic E-state index is 13.1. The van der Waals surface area contributed by atoms with E-state index in [0.717, 1.165) is 29.8 Å². The van der Waals surface area contributed by atoms with Gasteiger partial charge in [0, 0.05) is 50.7 Å². The van der Waals surface area contributed by atoms with Crippen molar-refractivity contribution in [1.29, 1.82) is 0 Å². The maximum Gasteiger partial charge on any atom is 0.255 e. The smallest absolute Gasteiger partial charge is 0.255 e. The Bertz CT molecular complexity index is 1380. The summed E-state index contributed by atoms with van der Waals surface area (Å²) < 4.78 is 1.73. The van der Waals surface area contributed by atoms with E-state index in [0.29, 0.717) is 30.0 Å². The van der Waals surface area contributed by atoms with Crippen LogP contribution in [0.25, 0.3) is 11.3 Å². The molecule has 0 aliphatic carbocycles. The van der Waals surface area contributed by atoms with Crippen molar-refractivity contribution in [3.8, 4) is 11.3 Å². The van der Waals surface area contributed by atoms with Gasteiger partial charge in [0.05, 0.1) is 11.7 Å². The lowest BCUT2D eigenvalue weighted by Crippen LogP contribution is -2.36. The highest BCUT2D eigenvalue weighted by Gasteiger charge is 2.23. The summed E-state index contributed by atoms with van der Waals surface area (Å²) in [7, 11) is 3.99. The summed E-state index contributed by atoms with van der Waals surface area (Å²) in [6.45, 7) is 3.44. The molecule has 1 aliphatic rings. The number of benzene rings is 2. The van der Waals surface area contributed by atoms with Crippen molar-refractivity contribution in [1.82, 2.24) is 19.5 Å². The Balaban J connectivity index is 1.49. The maximum atomic E-state index is 13.1. The summed E-state index contributed by atoms with van der Waals surface area (Å²) in [5.74, 6) is 1.85. The third kappa shape index (κ3) is 4.73. The average molecular weight is 468 g/mol. The van der Waals surface area contributed by atoms with E-state index < -0.39 is 0 Å². The number of nitrogens with one attached hydrogen (secondary N) is 1. The molecule has 1 aliphatic heterocycles. The van der Waals surface area contributed by atoms with Gasteiger partial charge < -0.3 is 10.2 Å². The van der Waals surface area contributed by atoms with E-state index in [4.69, 9.17) is 9.97 Å². The molecule has 0 radical (unpaired) electrons. The fourth-order valence-electron chi connectivity index (χ4n) is 4.29. The van der Waals surface area contributed by atoms with Crippen LogP contribution in [-0.2, 0) is 6.54 Å². The Morgan fingerprint density at radius 3 is 2.60 bits per heavy atom. The van der Waals surface area contributed by atoms with Crippen molar-refractivity contribution >= 4 is 23.4 Å². The molecule has 3 heterocycles. The van der Waals surface area contributed by atoms with Crippen LogP contribution in [0.3, 0.4) is 0 Å². The van der Waals surface area contributed by atoms with Crippen LogP contribution in [0.5, 0.6) is 0 Å². The lowest BCUT2D eigenvalue weighted by atomic mass is 10.1. The zero-order valence-electron chi connectivity index (χ0n) is 20.2. The first-order valence-corrected chi connectivity index (χ1v) is 11.8. The van der Waals surface area contributed by atoms with Gasteiger partial charge in [0.15, 0.2) is 0 Å². The van der Waals surface area contributed by atoms with Gasteiger partial charge in [-0.05, 0) is 37.1 Å². The zero-order valence-corrected chi connectivity index (χ0v) is 20.2. The van der Waals surface area contributed by atoms with Crippen molar-refractivity contribution in [2.45, 2.75) is 25.9 Å². The largest absolute Gasteiger partial charge is 0.378 e. The summed E-state index contributed by atoms with van der Waals surface area (Å²) in [5.41, 5.74) is 3.71. The molecule has 8 heteroatoms. The molecule has 0 spiro atoms. The normalized spacial score (nSPS) is 13.7. The summed E-state index contributed by atoms with van der Waals surface area (Å²) in [6, 6.07) is 21.8. The Morgan fingerprint density at radius 1 is 0.971 bits per heavy atom. The molecule has 0 unspecified atom stereocenters. The van der Waals surface area contributed by atoms with Crippen molar-refractivity contribution < 1.29 is 0 Å². The fourth-order valence-corrected chi connectivity index (χ4v) is 4.29. The summed E-state index contributed by atoms with van der Waals surface area (Å²) in [6.07, 6.45) is 2.57. The molecule has 5 rings (SSSR count). The van der Waals surface area contributed by atoms with Gasteiger partial charge >= 0.3 is 0 Å². The number of aromatic nitrogens is 4. The van der Waals surface area contributed by atoms with Crippen LogP contribution in [0.2, 0.25) is 0 Å². The summed E-state index contributed by atoms with van der Waals surface area (Å²) >= 11 is 0. The highest BCUT2D eigenvalue weighted by atomic mass is 16.1. The molecular weight excluding hydrogens is 438 g/mol. The second-order valence-corrected chi connectivity index (χ2v) is 8.90. The van der Waals surface area contributed by atoms with E-state index in [-0.39, 0.29) is 11.6 Å². The third-order valence-electron chi connectivity index (χ3n) is 6.21. The van der Waals surface area contributed by atoms with Crippen LogP contribution in [0.1, 0.15) is 24.9 Å². The lowest BCUT2D eigenvalue weighted by molar-refractivity contribution is 0.561. The van der Waals surface area contributed by atoms with Crippen molar-refractivity contribution in [2.75, 3.05) is 35.8 Å². The molecule has 8 nitrogen and oxygen atoms in total. The molecular formula is C27H29N7O. The Hall–Kier alpha value is -4.20. The summed E-state index contributed by atoms with van der Waals surface area (Å²) in [5, 5.41) is 3.38. The van der Waals surface area contributed by atoms with Crippen LogP contribution >= 0.6 is 0 Å². The molecule has 178 valence electrons. The first-order valence-electron chi connectivity index (χ1n) is 11.8. The second-order valence-electron chi connectivity index (χ2n) is 8.90. The molecule has 2 aromatic carbocycles. The van der Waals surface area contributed by atoms with Gasteiger partial charge in [-0.15, -0.1) is 0 Å². The van der Waals surface area contributed by atoms with Gasteiger partial charge in [0.2, 0.25) is 11.9 Å². The van der Waals surface area contributed by atoms with Crippen LogP contribution in [0, 0.1) is 0 Å². The summed E-state index contributed by atoms with van der Waals surface area (Å²) in [4.78, 5) is 31.2. The number of hydrogen-bond acceptors (Lipinski definition) is 7. The van der Waals surface area contributed by atoms with Gasteiger partial charge in [-0.1, -0.05) is 42.5 Å². The van der Waals surface area contributed by atoms with Crippen LogP contribution in [-0.4, -0.2) is 40.2 Å². The standard InChI is InChI=1S/C27H29N7O/c1-19(20-9-5-4-6-10-20)29-26-28-14-13-24(31-26)33-15-8-16-34-25(35)18-23(30-27(33)34)21-11-7-12-22(17-21)32(2)3/h4-7,9-14,17-19H,8,15-16H2,1-3H3,(H,28,29,31)/t19-/m0/s1. The highest BCUT2D eigenvalue weighted by molar-refractivity contribution is 5.67. The molecule has 0 saturated carbocycles. The van der Waals surface area contributed by atoms with Crippen LogP contribution < -0.4 is 20.7 Å². The van der Waals surface area contributed by atoms with Gasteiger partial charge in [-0.25, -0.2) is 9.97 Å². The number of anilines is 4. The average Bonchev–Trinajstić information content (AvgIpc) is 2.89. The van der Waals surface area contributed by atoms with E-state index in [1.807, 2.05) is 72.4 Å². The van der Waals surface area contributed by atoms with Gasteiger partial charge in [0.25, 0.3) is 5.56 Å². The quantitative estimate of drug-likeness (QED) is 0.448. The molecule has 35 heavy (non-hydrogen) atoms. The molecule has 2 aromatic heterocycles. The molecule has 1 N–H and O–H groups in total. The molecule has 0 bridgehead atoms. The number of fused-ring (bicyclic) bond motifs is 1. The van der Waals surface area contributed by atoms with Crippen LogP contribution in [0.4, 0.5) is 23.4 Å². The first kappa shape index (κ1) is 22.6. The fraction of sp³-hybridized carbons (Fsp3) is 0.259. The van der Waals surface area contributed by atoms with E-state index in [1.54, 1.807) is 16.8 Å². The van der Waals surface area contributed by atoms with E-state index in [1.165, 1.54) is 0 Å². The molecule has 1 atom stereocenters. The van der Waals surface area contributed by atoms with E-state index >= 15 is 0 Å². The molecule has 0 amide bonds. The topological polar surface area (TPSA) is 79.2 Å². The van der Waals surface area contributed by atoms with Gasteiger partial charge in [-0.3, -0.25) is 14.3 Å². The van der Waals surface area contributed by atoms with Gasteiger partial charge in [0.1, 0.15) is 5.82 Å². The number of nitrogens with zero attached hydrogens (tertiary/aromatic N) is 6. The highest BCUT2D eigenvalue weighted by Crippen LogP contribution is 2.29. The predicted octanol–water partition coefficient (Wildman–Crippen LogP) is 4.48. The lowest BCUT2D eigenvalue weighted by Gasteiger charge is -2.30. The second kappa shape index (κ2) is 9.58. The SMILES string of the molecule is C[C@H](Nc1nccc(N2CCCn3c2nc(-c2cccc(N(C)C)c2)cc3=O)n1)c1ccccc1. The Morgan fingerprint density at radius 2 is 1.80 bits per heavy atom. The molecule has 4 aromatic rings. The Labute approximate surface area is 204 Å².